The first kappa shape index (κ1) is 70.6. The fraction of sp³-hybridized carbons (Fsp3) is 0.627. The van der Waals surface area contributed by atoms with E-state index in [1.807, 2.05) is 19.1 Å². The Morgan fingerprint density at radius 2 is 1.55 bits per heavy atom. The molecule has 4 aromatic rings. The van der Waals surface area contributed by atoms with Crippen LogP contribution in [0.5, 0.6) is 5.75 Å². The van der Waals surface area contributed by atoms with Crippen LogP contribution in [0, 0.1) is 29.4 Å². The Kier molecular flexibility index (Phi) is 22.9. The second-order valence-electron chi connectivity index (χ2n) is 28.2. The van der Waals surface area contributed by atoms with Crippen LogP contribution in [0.3, 0.4) is 0 Å². The van der Waals surface area contributed by atoms with Crippen molar-refractivity contribution in [2.45, 2.75) is 135 Å². The number of alkyl halides is 1. The second kappa shape index (κ2) is 30.9. The van der Waals surface area contributed by atoms with Crippen LogP contribution in [0.4, 0.5) is 30.5 Å². The summed E-state index contributed by atoms with van der Waals surface area (Å²) in [7, 11) is 0. The highest BCUT2D eigenvalue weighted by Crippen LogP contribution is 2.41. The molecule has 5 saturated heterocycles. The zero-order chi connectivity index (χ0) is 67.7. The minimum absolute atomic E-state index is 0.0314. The molecule has 2 aromatic heterocycles. The number of anilines is 3. The van der Waals surface area contributed by atoms with Gasteiger partial charge in [-0.25, -0.2) is 28.1 Å². The lowest BCUT2D eigenvalue weighted by Crippen LogP contribution is -2.66. The van der Waals surface area contributed by atoms with Crippen molar-refractivity contribution in [3.05, 3.63) is 76.7 Å². The van der Waals surface area contributed by atoms with E-state index in [0.29, 0.717) is 101 Å². The van der Waals surface area contributed by atoms with E-state index < -0.39 is 64.2 Å². The van der Waals surface area contributed by atoms with E-state index in [4.69, 9.17) is 9.47 Å². The van der Waals surface area contributed by atoms with Gasteiger partial charge in [0, 0.05) is 121 Å². The van der Waals surface area contributed by atoms with Gasteiger partial charge in [-0.15, -0.1) is 11.3 Å². The lowest BCUT2D eigenvalue weighted by Gasteiger charge is -2.48. The number of piperidine rings is 2. The molecule has 2 aromatic carbocycles. The Balaban J connectivity index is 0.583. The molecule has 7 heterocycles. The normalized spacial score (nSPS) is 20.8. The van der Waals surface area contributed by atoms with Crippen LogP contribution in [0.15, 0.2) is 48.2 Å². The van der Waals surface area contributed by atoms with Gasteiger partial charge in [0.05, 0.1) is 59.7 Å². The Hall–Kier alpha value is -7.24. The summed E-state index contributed by atoms with van der Waals surface area (Å²) in [6.07, 6.45) is 4.53. The predicted molar refractivity (Wildman–Crippen MR) is 354 cm³/mol. The van der Waals surface area contributed by atoms with Gasteiger partial charge in [-0.3, -0.25) is 43.5 Å². The van der Waals surface area contributed by atoms with E-state index >= 15 is 8.78 Å². The first-order chi connectivity index (χ1) is 45.3. The Morgan fingerprint density at radius 1 is 0.811 bits per heavy atom. The number of aryl methyl sites for hydroxylation is 1. The summed E-state index contributed by atoms with van der Waals surface area (Å²) in [6.45, 7) is 20.7. The summed E-state index contributed by atoms with van der Waals surface area (Å²) < 4.78 is 57.9. The van der Waals surface area contributed by atoms with Gasteiger partial charge in [0.15, 0.2) is 12.3 Å². The highest BCUT2D eigenvalue weighted by atomic mass is 32.1. The molecule has 10 rings (SSSR count). The summed E-state index contributed by atoms with van der Waals surface area (Å²) in [6, 6.07) is 7.69. The molecular formula is C67H94F3N15O9S. The van der Waals surface area contributed by atoms with Crippen LogP contribution in [0.1, 0.15) is 103 Å². The molecule has 1 aliphatic carbocycles. The number of halogens is 3. The molecule has 6 amide bonds. The smallest absolute Gasteiger partial charge is 0.258 e. The number of aliphatic hydroxyl groups excluding tert-OH is 1. The molecule has 3 atom stereocenters. The SMILES string of the molecule is Cc1ncsc1-c1ccc(CNC(=O)[C@@H]2C[C@@H](O)CN2C(=O)[C@@H](NC(=O)C2(F)CC2)C(C)(C)C)c(OCC(=O)NCCOCCN2CCN(CC(=O)NCCCNc3cc(N4CCC5(CC4)CN(c4cc(F)c(CN6CCC(C)(C)CC6)cc4F)CC(=O)N5)ncn3)CC2)c1. The number of aromatic nitrogens is 3. The van der Waals surface area contributed by atoms with Crippen molar-refractivity contribution in [1.82, 2.24) is 61.1 Å². The quantitative estimate of drug-likeness (QED) is 0.0414. The van der Waals surface area contributed by atoms with Crippen molar-refractivity contribution >= 4 is 64.1 Å². The van der Waals surface area contributed by atoms with E-state index in [-0.39, 0.29) is 87.5 Å². The topological polar surface area (TPSA) is 271 Å². The third-order valence-corrected chi connectivity index (χ3v) is 20.1. The van der Waals surface area contributed by atoms with E-state index in [9.17, 15) is 38.3 Å². The number of rotatable bonds is 27. The number of amides is 6. The van der Waals surface area contributed by atoms with Crippen molar-refractivity contribution in [2.24, 2.45) is 10.8 Å². The van der Waals surface area contributed by atoms with Crippen LogP contribution < -0.4 is 46.4 Å². The molecule has 5 aliphatic heterocycles. The molecule has 6 aliphatic rings. The number of carbonyl (C=O) groups is 6. The van der Waals surface area contributed by atoms with Crippen molar-refractivity contribution < 1.29 is 56.5 Å². The third-order valence-electron chi connectivity index (χ3n) is 19.2. The van der Waals surface area contributed by atoms with E-state index in [1.165, 1.54) is 34.7 Å². The monoisotopic (exact) mass is 1340 g/mol. The van der Waals surface area contributed by atoms with Gasteiger partial charge < -0.3 is 61.2 Å². The molecule has 0 unspecified atom stereocenters. The van der Waals surface area contributed by atoms with Gasteiger partial charge in [0.25, 0.3) is 11.8 Å². The molecule has 1 spiro atoms. The fourth-order valence-electron chi connectivity index (χ4n) is 13.0. The zero-order valence-corrected chi connectivity index (χ0v) is 56.5. The molecule has 7 N–H and O–H groups in total. The molecule has 6 fully saturated rings. The predicted octanol–water partition coefficient (Wildman–Crippen LogP) is 4.14. The first-order valence-corrected chi connectivity index (χ1v) is 34.2. The van der Waals surface area contributed by atoms with E-state index in [2.05, 4.69) is 80.3 Å². The average molecular weight is 1340 g/mol. The van der Waals surface area contributed by atoms with Crippen LogP contribution in [-0.2, 0) is 46.6 Å². The molecule has 0 radical (unpaired) electrons. The molecule has 95 heavy (non-hydrogen) atoms. The number of nitrogens with one attached hydrogen (secondary N) is 6. The lowest BCUT2D eigenvalue weighted by molar-refractivity contribution is -0.145. The largest absolute Gasteiger partial charge is 0.483 e. The van der Waals surface area contributed by atoms with Gasteiger partial charge in [0.2, 0.25) is 23.6 Å². The first-order valence-electron chi connectivity index (χ1n) is 33.4. The van der Waals surface area contributed by atoms with E-state index in [1.54, 1.807) is 43.3 Å². The van der Waals surface area contributed by atoms with Gasteiger partial charge in [-0.05, 0) is 93.5 Å². The Bertz CT molecular complexity index is 3360. The highest BCUT2D eigenvalue weighted by Gasteiger charge is 2.53. The zero-order valence-electron chi connectivity index (χ0n) is 55.6. The molecule has 28 heteroatoms. The Labute approximate surface area is 558 Å². The number of carbonyl (C=O) groups excluding carboxylic acids is 6. The van der Waals surface area contributed by atoms with Gasteiger partial charge in [-0.1, -0.05) is 46.8 Å². The molecule has 0 bridgehead atoms. The fourth-order valence-corrected chi connectivity index (χ4v) is 13.8. The van der Waals surface area contributed by atoms with Gasteiger partial charge in [0.1, 0.15) is 47.4 Å². The molecular weight excluding hydrogens is 1250 g/mol. The van der Waals surface area contributed by atoms with Gasteiger partial charge in [-0.2, -0.15) is 0 Å². The standard InChI is InChI=1S/C67H94F3N15O9S/c1-44-59(95-43-77-44)45-8-9-46(35-74-61(90)52-32-48(86)37-85(52)62(91)60(64(2,3)4)78-63(92)67(70)10-11-67)53(31-45)94-40-58(89)73-18-28-93-29-27-80-23-25-82(26-24-80)38-56(87)72-17-7-16-71-54-34-55(76-42-75-54)83-21-14-66(15-22-83)41-84(39-57(88)79-66)51-33-49(68)47(30-50(51)69)36-81-19-12-65(5,6)13-20-81/h8-9,30-31,33-34,42-43,48,52,60,86H,7,10-29,32,35-41H2,1-6H3,(H,72,87)(H,73,89)(H,74,90)(H,78,92)(H,79,88)(H,71,75,76)/t48-,52+,60-/m1/s1. The average Bonchev–Trinajstić information content (AvgIpc) is 1.61. The summed E-state index contributed by atoms with van der Waals surface area (Å²) in [5.41, 5.74) is 1.18. The molecule has 24 nitrogen and oxygen atoms in total. The van der Waals surface area contributed by atoms with Crippen LogP contribution in [-0.4, -0.2) is 229 Å². The maximum atomic E-state index is 15.7. The molecule has 1 saturated carbocycles. The third kappa shape index (κ3) is 18.9. The minimum Gasteiger partial charge on any atom is -0.483 e. The second-order valence-corrected chi connectivity index (χ2v) is 29.1. The van der Waals surface area contributed by atoms with Crippen LogP contribution in [0.25, 0.3) is 10.4 Å². The number of benzene rings is 2. The van der Waals surface area contributed by atoms with E-state index in [0.717, 1.165) is 74.1 Å². The number of ether oxygens (including phenoxy) is 2. The number of hydrogen-bond donors (Lipinski definition) is 7. The summed E-state index contributed by atoms with van der Waals surface area (Å²) in [4.78, 5) is 106. The van der Waals surface area contributed by atoms with Crippen molar-refractivity contribution in [3.8, 4) is 16.2 Å². The number of thiazole rings is 1. The number of hydrogen-bond acceptors (Lipinski definition) is 19. The summed E-state index contributed by atoms with van der Waals surface area (Å²) in [5, 5.41) is 28.5. The van der Waals surface area contributed by atoms with Crippen molar-refractivity contribution in [2.75, 3.05) is 140 Å². The van der Waals surface area contributed by atoms with Crippen molar-refractivity contribution in [3.63, 3.8) is 0 Å². The molecule has 518 valence electrons. The summed E-state index contributed by atoms with van der Waals surface area (Å²) in [5.74, 6) is -1.86. The number of piperazine rings is 2. The summed E-state index contributed by atoms with van der Waals surface area (Å²) >= 11 is 1.45. The highest BCUT2D eigenvalue weighted by molar-refractivity contribution is 7.13. The van der Waals surface area contributed by atoms with Crippen LogP contribution >= 0.6 is 11.3 Å². The number of nitrogens with zero attached hydrogens (tertiary/aromatic N) is 9. The maximum Gasteiger partial charge on any atom is 0.258 e. The lowest BCUT2D eigenvalue weighted by atomic mass is 9.82. The number of likely N-dealkylation sites (tertiary alicyclic amines) is 2. The number of aliphatic hydroxyl groups is 1. The van der Waals surface area contributed by atoms with Crippen LogP contribution in [0.2, 0.25) is 0 Å². The Morgan fingerprint density at radius 3 is 2.26 bits per heavy atom. The number of β-amino-alcohol motifs (C(OH)–C–C–N with tert-alkyl or cyclic N) is 1. The minimum atomic E-state index is -2.01. The van der Waals surface area contributed by atoms with Gasteiger partial charge >= 0.3 is 0 Å². The maximum absolute atomic E-state index is 15.7. The van der Waals surface area contributed by atoms with Crippen molar-refractivity contribution in [1.29, 1.82) is 0 Å².